The fraction of sp³-hybridized carbons (Fsp3) is 0.448. The summed E-state index contributed by atoms with van der Waals surface area (Å²) in [7, 11) is 0. The first-order chi connectivity index (χ1) is 18.3. The van der Waals surface area contributed by atoms with Gasteiger partial charge in [0.15, 0.2) is 0 Å². The molecule has 2 saturated heterocycles. The van der Waals surface area contributed by atoms with Gasteiger partial charge in [0.25, 0.3) is 0 Å². The molecule has 5 nitrogen and oxygen atoms in total. The Balaban J connectivity index is 1.37. The molecule has 1 N–H and O–H groups in total. The number of anilines is 2. The Morgan fingerprint density at radius 1 is 0.868 bits per heavy atom. The Morgan fingerprint density at radius 3 is 2.18 bits per heavy atom. The van der Waals surface area contributed by atoms with Gasteiger partial charge in [0, 0.05) is 73.8 Å². The average Bonchev–Trinajstić information content (AvgIpc) is 2.88. The molecule has 202 valence electrons. The van der Waals surface area contributed by atoms with Crippen LogP contribution in [0.3, 0.4) is 0 Å². The topological polar surface area (TPSA) is 44.3 Å². The van der Waals surface area contributed by atoms with Crippen molar-refractivity contribution < 1.29 is 17.6 Å². The molecule has 2 unspecified atom stereocenters. The highest BCUT2D eigenvalue weighted by molar-refractivity contribution is 5.75. The molecule has 0 saturated carbocycles. The van der Waals surface area contributed by atoms with E-state index in [1.54, 1.807) is 0 Å². The van der Waals surface area contributed by atoms with Gasteiger partial charge in [0.1, 0.15) is 29.1 Å². The van der Waals surface area contributed by atoms with Crippen molar-refractivity contribution in [3.05, 3.63) is 71.4 Å². The molecular formula is C29H33F4N5. The van der Waals surface area contributed by atoms with Crippen molar-refractivity contribution in [2.24, 2.45) is 11.8 Å². The predicted molar refractivity (Wildman–Crippen MR) is 141 cm³/mol. The number of nitrogens with zero attached hydrogens (tertiary/aromatic N) is 4. The molecular weight excluding hydrogens is 494 g/mol. The maximum Gasteiger partial charge on any atom is 0.227 e. The largest absolute Gasteiger partial charge is 0.365 e. The van der Waals surface area contributed by atoms with E-state index in [9.17, 15) is 17.6 Å². The average molecular weight is 528 g/mol. The molecule has 1 aromatic heterocycles. The smallest absolute Gasteiger partial charge is 0.227 e. The van der Waals surface area contributed by atoms with Crippen LogP contribution < -0.4 is 10.2 Å². The second kappa shape index (κ2) is 11.3. The molecule has 0 spiro atoms. The minimum Gasteiger partial charge on any atom is -0.365 e. The molecule has 2 fully saturated rings. The van der Waals surface area contributed by atoms with E-state index in [1.807, 2.05) is 0 Å². The zero-order valence-corrected chi connectivity index (χ0v) is 21.7. The predicted octanol–water partition coefficient (Wildman–Crippen LogP) is 6.26. The number of hydrogen-bond acceptors (Lipinski definition) is 5. The van der Waals surface area contributed by atoms with Crippen molar-refractivity contribution in [3.63, 3.8) is 0 Å². The summed E-state index contributed by atoms with van der Waals surface area (Å²) in [5.74, 6) is -0.582. The minimum absolute atomic E-state index is 0.00574. The summed E-state index contributed by atoms with van der Waals surface area (Å²) in [6.07, 6.45) is 4.80. The van der Waals surface area contributed by atoms with Gasteiger partial charge < -0.3 is 10.2 Å². The van der Waals surface area contributed by atoms with Gasteiger partial charge in [-0.2, -0.15) is 4.98 Å². The van der Waals surface area contributed by atoms with Crippen molar-refractivity contribution >= 4 is 11.8 Å². The number of nitrogens with one attached hydrogen (secondary N) is 1. The molecule has 0 radical (unpaired) electrons. The summed E-state index contributed by atoms with van der Waals surface area (Å²) in [4.78, 5) is 14.0. The highest BCUT2D eigenvalue weighted by Crippen LogP contribution is 2.32. The second-order valence-corrected chi connectivity index (χ2v) is 10.8. The van der Waals surface area contributed by atoms with Crippen molar-refractivity contribution in [2.45, 2.75) is 45.7 Å². The van der Waals surface area contributed by atoms with Crippen LogP contribution in [0.5, 0.6) is 0 Å². The molecule has 2 aliphatic heterocycles. The quantitative estimate of drug-likeness (QED) is 0.384. The van der Waals surface area contributed by atoms with Gasteiger partial charge >= 0.3 is 0 Å². The maximum absolute atomic E-state index is 14.7. The van der Waals surface area contributed by atoms with Crippen LogP contribution in [-0.2, 0) is 6.54 Å². The first-order valence-electron chi connectivity index (χ1n) is 13.3. The monoisotopic (exact) mass is 527 g/mol. The van der Waals surface area contributed by atoms with Crippen LogP contribution in [0.1, 0.15) is 38.7 Å². The third kappa shape index (κ3) is 5.93. The number of rotatable bonds is 6. The number of benzene rings is 2. The lowest BCUT2D eigenvalue weighted by Gasteiger charge is -2.43. The van der Waals surface area contributed by atoms with Crippen molar-refractivity contribution in [1.82, 2.24) is 14.9 Å². The molecule has 38 heavy (non-hydrogen) atoms. The highest BCUT2D eigenvalue weighted by Gasteiger charge is 2.31. The van der Waals surface area contributed by atoms with E-state index in [2.05, 4.69) is 33.9 Å². The zero-order chi connectivity index (χ0) is 26.8. The zero-order valence-electron chi connectivity index (χ0n) is 21.7. The number of piperidine rings is 2. The van der Waals surface area contributed by atoms with E-state index in [1.165, 1.54) is 36.9 Å². The Labute approximate surface area is 220 Å². The summed E-state index contributed by atoms with van der Waals surface area (Å²) < 4.78 is 55.9. The SMILES string of the molecule is CC1CC(C)CN(C2CCN(c3ncc(-c4ccc(F)cc4F)c(NCc4ccc(F)cc4F)n3)CC2)C1. The van der Waals surface area contributed by atoms with Crippen LogP contribution in [0.2, 0.25) is 0 Å². The molecule has 2 aromatic carbocycles. The molecule has 9 heteroatoms. The molecule has 3 heterocycles. The van der Waals surface area contributed by atoms with E-state index in [0.717, 1.165) is 51.2 Å². The van der Waals surface area contributed by atoms with Gasteiger partial charge in [-0.05, 0) is 49.3 Å². The third-order valence-corrected chi connectivity index (χ3v) is 7.62. The van der Waals surface area contributed by atoms with E-state index in [0.29, 0.717) is 35.2 Å². The molecule has 0 amide bonds. The lowest BCUT2D eigenvalue weighted by molar-refractivity contribution is 0.0824. The molecule has 0 bridgehead atoms. The van der Waals surface area contributed by atoms with E-state index in [4.69, 9.17) is 4.98 Å². The summed E-state index contributed by atoms with van der Waals surface area (Å²) in [5.41, 5.74) is 0.704. The van der Waals surface area contributed by atoms with Crippen molar-refractivity contribution in [1.29, 1.82) is 0 Å². The minimum atomic E-state index is -0.747. The molecule has 3 aromatic rings. The Bertz CT molecular complexity index is 1270. The van der Waals surface area contributed by atoms with Crippen molar-refractivity contribution in [3.8, 4) is 11.1 Å². The van der Waals surface area contributed by atoms with Gasteiger partial charge in [-0.15, -0.1) is 0 Å². The van der Waals surface area contributed by atoms with E-state index < -0.39 is 23.3 Å². The van der Waals surface area contributed by atoms with Crippen molar-refractivity contribution in [2.75, 3.05) is 36.4 Å². The van der Waals surface area contributed by atoms with Crippen LogP contribution >= 0.6 is 0 Å². The van der Waals surface area contributed by atoms with Gasteiger partial charge in [0.05, 0.1) is 0 Å². The Kier molecular flexibility index (Phi) is 7.83. The first kappa shape index (κ1) is 26.4. The van der Waals surface area contributed by atoms with E-state index >= 15 is 0 Å². The van der Waals surface area contributed by atoms with Crippen LogP contribution in [-0.4, -0.2) is 47.1 Å². The van der Waals surface area contributed by atoms with E-state index in [-0.39, 0.29) is 17.7 Å². The molecule has 2 atom stereocenters. The normalized spacial score (nSPS) is 21.1. The lowest BCUT2D eigenvalue weighted by Crippen LogP contribution is -2.50. The first-order valence-corrected chi connectivity index (χ1v) is 13.3. The highest BCUT2D eigenvalue weighted by atomic mass is 19.1. The van der Waals surface area contributed by atoms with Crippen LogP contribution in [0, 0.1) is 35.1 Å². The maximum atomic E-state index is 14.7. The van der Waals surface area contributed by atoms with Gasteiger partial charge in [-0.1, -0.05) is 19.9 Å². The fourth-order valence-corrected chi connectivity index (χ4v) is 5.85. The standard InChI is InChI=1S/C29H33F4N5/c1-18-11-19(2)17-38(16-18)23-7-9-37(10-8-23)29-35-15-25(24-6-5-22(31)13-27(24)33)28(36-29)34-14-20-3-4-21(30)12-26(20)32/h3-6,12-13,15,18-19,23H,7-11,14,16-17H2,1-2H3,(H,34,35,36). The Morgan fingerprint density at radius 2 is 1.53 bits per heavy atom. The molecule has 5 rings (SSSR count). The number of hydrogen-bond donors (Lipinski definition) is 1. The number of halogens is 4. The summed E-state index contributed by atoms with van der Waals surface area (Å²) in [6.45, 7) is 8.51. The summed E-state index contributed by atoms with van der Waals surface area (Å²) in [6, 6.07) is 7.19. The van der Waals surface area contributed by atoms with Crippen LogP contribution in [0.4, 0.5) is 29.3 Å². The van der Waals surface area contributed by atoms with Gasteiger partial charge in [-0.3, -0.25) is 4.90 Å². The summed E-state index contributed by atoms with van der Waals surface area (Å²) in [5, 5.41) is 3.07. The number of aromatic nitrogens is 2. The molecule has 2 aliphatic rings. The third-order valence-electron chi connectivity index (χ3n) is 7.62. The van der Waals surface area contributed by atoms with Crippen LogP contribution in [0.15, 0.2) is 42.6 Å². The summed E-state index contributed by atoms with van der Waals surface area (Å²) >= 11 is 0. The van der Waals surface area contributed by atoms with Crippen LogP contribution in [0.25, 0.3) is 11.1 Å². The second-order valence-electron chi connectivity index (χ2n) is 10.8. The molecule has 0 aliphatic carbocycles. The lowest BCUT2D eigenvalue weighted by atomic mass is 9.89. The fourth-order valence-electron chi connectivity index (χ4n) is 5.85. The van der Waals surface area contributed by atoms with Gasteiger partial charge in [0.2, 0.25) is 5.95 Å². The van der Waals surface area contributed by atoms with Gasteiger partial charge in [-0.25, -0.2) is 22.5 Å². The number of likely N-dealkylation sites (tertiary alicyclic amines) is 1. The Hall–Kier alpha value is -3.20.